The van der Waals surface area contributed by atoms with E-state index in [1.54, 1.807) is 0 Å². The molecule has 0 aromatic rings. The molecular formula is C66H128O6. The maximum atomic E-state index is 12.9. The van der Waals surface area contributed by atoms with Crippen LogP contribution in [-0.4, -0.2) is 37.2 Å². The van der Waals surface area contributed by atoms with E-state index in [1.165, 1.54) is 289 Å². The highest BCUT2D eigenvalue weighted by Gasteiger charge is 2.19. The lowest BCUT2D eigenvalue weighted by Gasteiger charge is -2.18. The third kappa shape index (κ3) is 59.3. The summed E-state index contributed by atoms with van der Waals surface area (Å²) in [4.78, 5) is 38.3. The Morgan fingerprint density at radius 3 is 0.556 bits per heavy atom. The summed E-state index contributed by atoms with van der Waals surface area (Å²) in [5, 5.41) is 0. The summed E-state index contributed by atoms with van der Waals surface area (Å²) < 4.78 is 17.0. The van der Waals surface area contributed by atoms with Crippen LogP contribution in [0.1, 0.15) is 387 Å². The Kier molecular flexibility index (Phi) is 60.6. The van der Waals surface area contributed by atoms with E-state index >= 15 is 0 Å². The Balaban J connectivity index is 4.20. The number of carbonyl (C=O) groups is 3. The molecule has 0 heterocycles. The molecule has 0 spiro atoms. The summed E-state index contributed by atoms with van der Waals surface area (Å²) in [5.74, 6) is -0.824. The third-order valence-electron chi connectivity index (χ3n) is 15.4. The largest absolute Gasteiger partial charge is 0.462 e. The summed E-state index contributed by atoms with van der Waals surface area (Å²) in [6, 6.07) is 0. The molecule has 0 bridgehead atoms. The first-order valence-electron chi connectivity index (χ1n) is 33.0. The van der Waals surface area contributed by atoms with Gasteiger partial charge in [-0.1, -0.05) is 348 Å². The lowest BCUT2D eigenvalue weighted by atomic mass is 10.0. The van der Waals surface area contributed by atoms with Gasteiger partial charge >= 0.3 is 17.9 Å². The zero-order valence-electron chi connectivity index (χ0n) is 49.2. The summed E-state index contributed by atoms with van der Waals surface area (Å²) in [5.41, 5.74) is 0. The standard InChI is InChI=1S/C66H128O6/c1-4-7-10-13-16-19-22-25-28-29-30-31-32-33-34-35-36-39-41-44-47-50-53-56-59-65(68)71-62-63(72-66(69)60-57-54-51-48-45-42-38-27-24-21-18-15-12-9-6-3)61-70-64(67)58-55-52-49-46-43-40-37-26-23-20-17-14-11-8-5-2/h63H,4-62H2,1-3H3. The van der Waals surface area contributed by atoms with Gasteiger partial charge in [0.1, 0.15) is 13.2 Å². The summed E-state index contributed by atoms with van der Waals surface area (Å²) in [6.07, 6.45) is 71.2. The lowest BCUT2D eigenvalue weighted by molar-refractivity contribution is -0.167. The quantitative estimate of drug-likeness (QED) is 0.0343. The third-order valence-corrected chi connectivity index (χ3v) is 15.4. The van der Waals surface area contributed by atoms with Gasteiger partial charge < -0.3 is 14.2 Å². The van der Waals surface area contributed by atoms with Gasteiger partial charge in [0, 0.05) is 19.3 Å². The van der Waals surface area contributed by atoms with Gasteiger partial charge in [-0.15, -0.1) is 0 Å². The minimum Gasteiger partial charge on any atom is -0.462 e. The summed E-state index contributed by atoms with van der Waals surface area (Å²) in [6.45, 7) is 6.73. The number of rotatable bonds is 62. The van der Waals surface area contributed by atoms with Crippen LogP contribution >= 0.6 is 0 Å². The second-order valence-electron chi connectivity index (χ2n) is 22.8. The number of ether oxygens (including phenoxy) is 3. The minimum absolute atomic E-state index is 0.0604. The molecule has 0 aliphatic heterocycles. The second-order valence-corrected chi connectivity index (χ2v) is 22.8. The number of esters is 3. The molecule has 0 radical (unpaired) electrons. The molecule has 72 heavy (non-hydrogen) atoms. The average molecular weight is 1020 g/mol. The fourth-order valence-electron chi connectivity index (χ4n) is 10.4. The van der Waals surface area contributed by atoms with Crippen molar-refractivity contribution in [3.05, 3.63) is 0 Å². The van der Waals surface area contributed by atoms with Crippen molar-refractivity contribution in [2.24, 2.45) is 0 Å². The van der Waals surface area contributed by atoms with Crippen molar-refractivity contribution >= 4 is 17.9 Å². The highest BCUT2D eigenvalue weighted by atomic mass is 16.6. The number of unbranched alkanes of at least 4 members (excludes halogenated alkanes) is 51. The Bertz CT molecular complexity index is 1080. The van der Waals surface area contributed by atoms with Crippen LogP contribution in [0.5, 0.6) is 0 Å². The monoisotopic (exact) mass is 1020 g/mol. The van der Waals surface area contributed by atoms with Crippen LogP contribution in [0.25, 0.3) is 0 Å². The van der Waals surface area contributed by atoms with Crippen LogP contribution in [0.4, 0.5) is 0 Å². The van der Waals surface area contributed by atoms with Gasteiger partial charge in [-0.05, 0) is 19.3 Å². The molecule has 0 N–H and O–H groups in total. The van der Waals surface area contributed by atoms with E-state index in [0.29, 0.717) is 19.3 Å². The van der Waals surface area contributed by atoms with Crippen LogP contribution in [0.3, 0.4) is 0 Å². The maximum Gasteiger partial charge on any atom is 0.306 e. The van der Waals surface area contributed by atoms with Gasteiger partial charge in [0.2, 0.25) is 0 Å². The molecule has 6 nitrogen and oxygen atoms in total. The van der Waals surface area contributed by atoms with Crippen LogP contribution in [0.2, 0.25) is 0 Å². The van der Waals surface area contributed by atoms with E-state index in [0.717, 1.165) is 57.8 Å². The smallest absolute Gasteiger partial charge is 0.306 e. The van der Waals surface area contributed by atoms with Crippen molar-refractivity contribution in [1.29, 1.82) is 0 Å². The second kappa shape index (κ2) is 62.0. The normalized spacial score (nSPS) is 11.9. The fourth-order valence-corrected chi connectivity index (χ4v) is 10.4. The first kappa shape index (κ1) is 70.4. The van der Waals surface area contributed by atoms with Crippen LogP contribution in [0, 0.1) is 0 Å². The molecule has 0 rings (SSSR count). The van der Waals surface area contributed by atoms with E-state index < -0.39 is 6.10 Å². The Labute approximate surface area is 450 Å². The number of hydrogen-bond donors (Lipinski definition) is 0. The SMILES string of the molecule is CCCCCCCCCCCCCCCCCCCCCCCCCCC(=O)OCC(COC(=O)CCCCCCCCCCCCCCCCC)OC(=O)CCCCCCCCCCCCCCCCC. The molecule has 0 aliphatic carbocycles. The number of hydrogen-bond acceptors (Lipinski definition) is 6. The Morgan fingerprint density at radius 2 is 0.375 bits per heavy atom. The van der Waals surface area contributed by atoms with E-state index in [1.807, 2.05) is 0 Å². The van der Waals surface area contributed by atoms with E-state index in [4.69, 9.17) is 14.2 Å². The highest BCUT2D eigenvalue weighted by molar-refractivity contribution is 5.71. The van der Waals surface area contributed by atoms with Gasteiger partial charge in [-0.2, -0.15) is 0 Å². The summed E-state index contributed by atoms with van der Waals surface area (Å²) >= 11 is 0. The van der Waals surface area contributed by atoms with Gasteiger partial charge in [-0.25, -0.2) is 0 Å². The predicted octanol–water partition coefficient (Wildman–Crippen LogP) is 22.3. The molecule has 0 fully saturated rings. The molecule has 0 aromatic carbocycles. The summed E-state index contributed by atoms with van der Waals surface area (Å²) in [7, 11) is 0. The first-order chi connectivity index (χ1) is 35.5. The molecular weight excluding hydrogens is 889 g/mol. The lowest BCUT2D eigenvalue weighted by Crippen LogP contribution is -2.30. The highest BCUT2D eigenvalue weighted by Crippen LogP contribution is 2.19. The van der Waals surface area contributed by atoms with Crippen molar-refractivity contribution in [2.45, 2.75) is 393 Å². The molecule has 6 heteroatoms. The molecule has 0 saturated carbocycles. The van der Waals surface area contributed by atoms with Crippen molar-refractivity contribution in [1.82, 2.24) is 0 Å². The van der Waals surface area contributed by atoms with Crippen molar-refractivity contribution in [3.8, 4) is 0 Å². The van der Waals surface area contributed by atoms with Crippen molar-refractivity contribution in [2.75, 3.05) is 13.2 Å². The molecule has 0 aliphatic rings. The van der Waals surface area contributed by atoms with E-state index in [-0.39, 0.29) is 31.1 Å². The molecule has 0 aromatic heterocycles. The molecule has 428 valence electrons. The van der Waals surface area contributed by atoms with E-state index in [9.17, 15) is 14.4 Å². The van der Waals surface area contributed by atoms with Crippen LogP contribution in [-0.2, 0) is 28.6 Å². The first-order valence-corrected chi connectivity index (χ1v) is 33.0. The Morgan fingerprint density at radius 1 is 0.222 bits per heavy atom. The minimum atomic E-state index is -0.762. The zero-order valence-corrected chi connectivity index (χ0v) is 49.2. The predicted molar refractivity (Wildman–Crippen MR) is 312 cm³/mol. The Hall–Kier alpha value is -1.59. The fraction of sp³-hybridized carbons (Fsp3) is 0.955. The molecule has 0 amide bonds. The van der Waals surface area contributed by atoms with Gasteiger partial charge in [0.25, 0.3) is 0 Å². The molecule has 0 saturated heterocycles. The topological polar surface area (TPSA) is 78.9 Å². The molecule has 1 atom stereocenters. The van der Waals surface area contributed by atoms with Crippen molar-refractivity contribution in [3.63, 3.8) is 0 Å². The number of carbonyl (C=O) groups excluding carboxylic acids is 3. The van der Waals surface area contributed by atoms with E-state index in [2.05, 4.69) is 20.8 Å². The van der Waals surface area contributed by atoms with Crippen molar-refractivity contribution < 1.29 is 28.6 Å². The van der Waals surface area contributed by atoms with Gasteiger partial charge in [-0.3, -0.25) is 14.4 Å². The average Bonchev–Trinajstić information content (AvgIpc) is 3.38. The van der Waals surface area contributed by atoms with Gasteiger partial charge in [0.05, 0.1) is 0 Å². The molecule has 1 unspecified atom stereocenters. The van der Waals surface area contributed by atoms with Gasteiger partial charge in [0.15, 0.2) is 6.10 Å². The van der Waals surface area contributed by atoms with Crippen LogP contribution < -0.4 is 0 Å². The zero-order chi connectivity index (χ0) is 52.2. The maximum absolute atomic E-state index is 12.9. The van der Waals surface area contributed by atoms with Crippen LogP contribution in [0.15, 0.2) is 0 Å².